The van der Waals surface area contributed by atoms with Crippen LogP contribution in [0.4, 0.5) is 5.69 Å². The van der Waals surface area contributed by atoms with Crippen molar-refractivity contribution in [1.82, 2.24) is 5.32 Å². The van der Waals surface area contributed by atoms with Gasteiger partial charge in [-0.25, -0.2) is 0 Å². The molecule has 0 aromatic heterocycles. The molecule has 0 radical (unpaired) electrons. The predicted molar refractivity (Wildman–Crippen MR) is 99.9 cm³/mol. The molecule has 0 fully saturated rings. The Labute approximate surface area is 142 Å². The summed E-state index contributed by atoms with van der Waals surface area (Å²) in [5.74, 6) is 0. The van der Waals surface area contributed by atoms with Crippen LogP contribution in [-0.2, 0) is 0 Å². The minimum atomic E-state index is 0.140. The van der Waals surface area contributed by atoms with Gasteiger partial charge in [0.2, 0.25) is 0 Å². The van der Waals surface area contributed by atoms with Crippen LogP contribution in [0, 0.1) is 20.8 Å². The lowest BCUT2D eigenvalue weighted by Crippen LogP contribution is -2.31. The molecular weight excluding hydrogens is 312 g/mol. The van der Waals surface area contributed by atoms with E-state index in [1.54, 1.807) is 0 Å². The molecule has 2 aromatic rings. The molecule has 0 spiro atoms. The van der Waals surface area contributed by atoms with Gasteiger partial charge in [0, 0.05) is 10.7 Å². The topological polar surface area (TPSA) is 24.1 Å². The van der Waals surface area contributed by atoms with Crippen LogP contribution in [0.25, 0.3) is 0 Å². The fourth-order valence-electron chi connectivity index (χ4n) is 2.34. The van der Waals surface area contributed by atoms with Gasteiger partial charge in [0.25, 0.3) is 0 Å². The minimum Gasteiger partial charge on any atom is -0.356 e. The summed E-state index contributed by atoms with van der Waals surface area (Å²) < 4.78 is 0. The molecule has 22 heavy (non-hydrogen) atoms. The van der Waals surface area contributed by atoms with E-state index in [-0.39, 0.29) is 6.04 Å². The Kier molecular flexibility index (Phi) is 5.43. The Morgan fingerprint density at radius 1 is 1.05 bits per heavy atom. The lowest BCUT2D eigenvalue weighted by molar-refractivity contribution is 0.716. The number of hydrogen-bond donors (Lipinski definition) is 2. The summed E-state index contributed by atoms with van der Waals surface area (Å²) in [6.45, 7) is 8.30. The molecule has 0 amide bonds. The maximum Gasteiger partial charge on any atom is 0.171 e. The van der Waals surface area contributed by atoms with E-state index in [2.05, 4.69) is 49.6 Å². The van der Waals surface area contributed by atoms with Crippen LogP contribution < -0.4 is 10.6 Å². The highest BCUT2D eigenvalue weighted by molar-refractivity contribution is 7.80. The molecule has 1 atom stereocenters. The van der Waals surface area contributed by atoms with E-state index in [9.17, 15) is 0 Å². The van der Waals surface area contributed by atoms with Gasteiger partial charge in [-0.3, -0.25) is 0 Å². The molecule has 0 saturated heterocycles. The lowest BCUT2D eigenvalue weighted by Gasteiger charge is -2.20. The van der Waals surface area contributed by atoms with Gasteiger partial charge in [0.15, 0.2) is 5.11 Å². The van der Waals surface area contributed by atoms with Crippen molar-refractivity contribution >= 4 is 34.6 Å². The van der Waals surface area contributed by atoms with E-state index < -0.39 is 0 Å². The van der Waals surface area contributed by atoms with Gasteiger partial charge in [-0.1, -0.05) is 41.4 Å². The minimum absolute atomic E-state index is 0.140. The van der Waals surface area contributed by atoms with Gasteiger partial charge < -0.3 is 10.6 Å². The highest BCUT2D eigenvalue weighted by Crippen LogP contribution is 2.21. The number of rotatable bonds is 3. The molecule has 0 heterocycles. The smallest absolute Gasteiger partial charge is 0.171 e. The van der Waals surface area contributed by atoms with Crippen molar-refractivity contribution in [3.8, 4) is 0 Å². The van der Waals surface area contributed by atoms with E-state index in [0.717, 1.165) is 16.3 Å². The third-order valence-electron chi connectivity index (χ3n) is 3.68. The van der Waals surface area contributed by atoms with Crippen molar-refractivity contribution in [2.75, 3.05) is 5.32 Å². The average molecular weight is 333 g/mol. The molecule has 2 nitrogen and oxygen atoms in total. The number of hydrogen-bond acceptors (Lipinski definition) is 1. The van der Waals surface area contributed by atoms with Crippen LogP contribution in [0.15, 0.2) is 36.4 Å². The van der Waals surface area contributed by atoms with Crippen LogP contribution in [0.3, 0.4) is 0 Å². The van der Waals surface area contributed by atoms with Crippen LogP contribution in [0.1, 0.15) is 35.2 Å². The quantitative estimate of drug-likeness (QED) is 0.744. The van der Waals surface area contributed by atoms with E-state index >= 15 is 0 Å². The van der Waals surface area contributed by atoms with E-state index in [1.807, 2.05) is 25.1 Å². The number of anilines is 1. The molecule has 0 saturated carbocycles. The first-order valence-electron chi connectivity index (χ1n) is 7.27. The van der Waals surface area contributed by atoms with E-state index in [1.165, 1.54) is 16.7 Å². The lowest BCUT2D eigenvalue weighted by atomic mass is 10.0. The van der Waals surface area contributed by atoms with Gasteiger partial charge in [-0.15, -0.1) is 0 Å². The van der Waals surface area contributed by atoms with Crippen molar-refractivity contribution in [1.29, 1.82) is 0 Å². The second-order valence-corrected chi connectivity index (χ2v) is 6.46. The molecule has 0 aliphatic heterocycles. The summed E-state index contributed by atoms with van der Waals surface area (Å²) in [6, 6.07) is 12.4. The molecule has 4 heteroatoms. The van der Waals surface area contributed by atoms with Gasteiger partial charge in [0.1, 0.15) is 0 Å². The Balaban J connectivity index is 2.05. The molecular formula is C18H21ClN2S. The predicted octanol–water partition coefficient (Wildman–Crippen LogP) is 5.31. The number of aryl methyl sites for hydroxylation is 3. The Morgan fingerprint density at radius 2 is 1.73 bits per heavy atom. The molecule has 2 aromatic carbocycles. The highest BCUT2D eigenvalue weighted by Gasteiger charge is 2.10. The van der Waals surface area contributed by atoms with Crippen molar-refractivity contribution in [2.24, 2.45) is 0 Å². The molecule has 2 N–H and O–H groups in total. The fraction of sp³-hybridized carbons (Fsp3) is 0.278. The van der Waals surface area contributed by atoms with Crippen molar-refractivity contribution in [2.45, 2.75) is 33.7 Å². The third kappa shape index (κ3) is 4.21. The summed E-state index contributed by atoms with van der Waals surface area (Å²) in [7, 11) is 0. The van der Waals surface area contributed by atoms with Gasteiger partial charge in [-0.05, 0) is 68.7 Å². The Morgan fingerprint density at radius 3 is 2.41 bits per heavy atom. The normalized spacial score (nSPS) is 11.9. The van der Waals surface area contributed by atoms with Gasteiger partial charge >= 0.3 is 0 Å². The van der Waals surface area contributed by atoms with Crippen LogP contribution >= 0.6 is 23.8 Å². The van der Waals surface area contributed by atoms with Crippen LogP contribution in [0.5, 0.6) is 0 Å². The van der Waals surface area contributed by atoms with Crippen molar-refractivity contribution < 1.29 is 0 Å². The number of thiocarbonyl (C=S) groups is 1. The summed E-state index contributed by atoms with van der Waals surface area (Å²) in [5.41, 5.74) is 5.70. The zero-order valence-electron chi connectivity index (χ0n) is 13.3. The SMILES string of the molecule is Cc1ccc(C)c([C@@H](C)NC(=S)Nc2ccc(C)c(Cl)c2)c1. The first-order chi connectivity index (χ1) is 10.4. The molecule has 0 aliphatic rings. The number of nitrogens with one attached hydrogen (secondary N) is 2. The molecule has 116 valence electrons. The summed E-state index contributed by atoms with van der Waals surface area (Å²) in [6.07, 6.45) is 0. The number of halogens is 1. The van der Waals surface area contributed by atoms with Crippen molar-refractivity contribution in [3.05, 3.63) is 63.7 Å². The summed E-state index contributed by atoms with van der Waals surface area (Å²) in [4.78, 5) is 0. The standard InChI is InChI=1S/C18H21ClN2S/c1-11-5-6-12(2)16(9-11)14(4)20-18(22)21-15-8-7-13(3)17(19)10-15/h5-10,14H,1-4H3,(H2,20,21,22)/t14-/m1/s1. The maximum absolute atomic E-state index is 6.13. The average Bonchev–Trinajstić information content (AvgIpc) is 2.45. The number of benzene rings is 2. The first kappa shape index (κ1) is 16.8. The second kappa shape index (κ2) is 7.12. The third-order valence-corrected chi connectivity index (χ3v) is 4.31. The molecule has 0 aliphatic carbocycles. The molecule has 0 unspecified atom stereocenters. The highest BCUT2D eigenvalue weighted by atomic mass is 35.5. The molecule has 0 bridgehead atoms. The summed E-state index contributed by atoms with van der Waals surface area (Å²) >= 11 is 11.5. The van der Waals surface area contributed by atoms with Gasteiger partial charge in [-0.2, -0.15) is 0 Å². The second-order valence-electron chi connectivity index (χ2n) is 5.64. The van der Waals surface area contributed by atoms with Crippen molar-refractivity contribution in [3.63, 3.8) is 0 Å². The Hall–Kier alpha value is -1.58. The van der Waals surface area contributed by atoms with Crippen LogP contribution in [-0.4, -0.2) is 5.11 Å². The van der Waals surface area contributed by atoms with E-state index in [0.29, 0.717) is 5.11 Å². The fourth-order valence-corrected chi connectivity index (χ4v) is 2.81. The first-order valence-corrected chi connectivity index (χ1v) is 8.06. The summed E-state index contributed by atoms with van der Waals surface area (Å²) in [5, 5.41) is 7.83. The monoisotopic (exact) mass is 332 g/mol. The van der Waals surface area contributed by atoms with E-state index in [4.69, 9.17) is 23.8 Å². The zero-order chi connectivity index (χ0) is 16.3. The largest absolute Gasteiger partial charge is 0.356 e. The molecule has 2 rings (SSSR count). The van der Waals surface area contributed by atoms with Crippen LogP contribution in [0.2, 0.25) is 5.02 Å². The van der Waals surface area contributed by atoms with Gasteiger partial charge in [0.05, 0.1) is 6.04 Å². The zero-order valence-corrected chi connectivity index (χ0v) is 14.9. The maximum atomic E-state index is 6.13. The Bertz CT molecular complexity index is 697.